The van der Waals surface area contributed by atoms with Gasteiger partial charge in [0, 0.05) is 12.1 Å². The lowest BCUT2D eigenvalue weighted by Gasteiger charge is -2.26. The molecular weight excluding hydrogens is 317 g/mol. The SMILES string of the molecule is NC1CCC(NS(=O)(=O)Cc2ccccc2C(F)(F)F)CC1. The van der Waals surface area contributed by atoms with Crippen molar-refractivity contribution in [2.24, 2.45) is 5.73 Å². The van der Waals surface area contributed by atoms with Crippen molar-refractivity contribution in [2.75, 3.05) is 0 Å². The topological polar surface area (TPSA) is 72.2 Å². The molecule has 0 spiro atoms. The number of rotatable bonds is 4. The highest BCUT2D eigenvalue weighted by molar-refractivity contribution is 7.88. The zero-order valence-corrected chi connectivity index (χ0v) is 12.8. The fourth-order valence-electron chi connectivity index (χ4n) is 2.66. The smallest absolute Gasteiger partial charge is 0.328 e. The fourth-order valence-corrected chi connectivity index (χ4v) is 4.15. The van der Waals surface area contributed by atoms with Crippen LogP contribution >= 0.6 is 0 Å². The Labute approximate surface area is 127 Å². The predicted octanol–water partition coefficient (Wildman–Crippen LogP) is 2.39. The summed E-state index contributed by atoms with van der Waals surface area (Å²) in [4.78, 5) is 0. The zero-order chi connectivity index (χ0) is 16.4. The third-order valence-corrected chi connectivity index (χ3v) is 5.17. The molecule has 0 saturated heterocycles. The summed E-state index contributed by atoms with van der Waals surface area (Å²) in [6.07, 6.45) is -1.91. The van der Waals surface area contributed by atoms with Crippen molar-refractivity contribution in [1.29, 1.82) is 0 Å². The maximum atomic E-state index is 12.9. The number of benzene rings is 1. The van der Waals surface area contributed by atoms with Gasteiger partial charge >= 0.3 is 6.18 Å². The van der Waals surface area contributed by atoms with E-state index in [9.17, 15) is 21.6 Å². The molecule has 0 unspecified atom stereocenters. The lowest BCUT2D eigenvalue weighted by atomic mass is 9.93. The molecule has 0 heterocycles. The van der Waals surface area contributed by atoms with Gasteiger partial charge < -0.3 is 5.73 Å². The van der Waals surface area contributed by atoms with Crippen LogP contribution in [0.25, 0.3) is 0 Å². The molecule has 4 nitrogen and oxygen atoms in total. The number of halogens is 3. The van der Waals surface area contributed by atoms with E-state index in [-0.39, 0.29) is 17.6 Å². The van der Waals surface area contributed by atoms with Gasteiger partial charge in [-0.15, -0.1) is 0 Å². The average Bonchev–Trinajstić information content (AvgIpc) is 2.40. The normalized spacial score (nSPS) is 23.5. The van der Waals surface area contributed by atoms with Crippen LogP contribution in [0.2, 0.25) is 0 Å². The number of nitrogens with two attached hydrogens (primary N) is 1. The van der Waals surface area contributed by atoms with Crippen LogP contribution in [0.15, 0.2) is 24.3 Å². The Morgan fingerprint density at radius 2 is 1.73 bits per heavy atom. The maximum absolute atomic E-state index is 12.9. The Hall–Kier alpha value is -1.12. The van der Waals surface area contributed by atoms with E-state index in [0.29, 0.717) is 25.7 Å². The number of alkyl halides is 3. The second-order valence-corrected chi connectivity index (χ2v) is 7.40. The van der Waals surface area contributed by atoms with Crippen LogP contribution in [0.4, 0.5) is 13.2 Å². The number of sulfonamides is 1. The molecule has 1 aromatic carbocycles. The van der Waals surface area contributed by atoms with Crippen LogP contribution in [-0.2, 0) is 22.0 Å². The Kier molecular flexibility index (Phi) is 5.14. The Morgan fingerprint density at radius 1 is 1.14 bits per heavy atom. The van der Waals surface area contributed by atoms with E-state index < -0.39 is 27.5 Å². The number of hydrogen-bond acceptors (Lipinski definition) is 3. The summed E-state index contributed by atoms with van der Waals surface area (Å²) in [5, 5.41) is 0. The summed E-state index contributed by atoms with van der Waals surface area (Å²) in [5.41, 5.74) is 4.60. The molecular formula is C14H19F3N2O2S. The largest absolute Gasteiger partial charge is 0.416 e. The van der Waals surface area contributed by atoms with E-state index in [0.717, 1.165) is 6.07 Å². The monoisotopic (exact) mass is 336 g/mol. The highest BCUT2D eigenvalue weighted by atomic mass is 32.2. The van der Waals surface area contributed by atoms with Gasteiger partial charge in [-0.25, -0.2) is 13.1 Å². The van der Waals surface area contributed by atoms with Crippen LogP contribution < -0.4 is 10.5 Å². The lowest BCUT2D eigenvalue weighted by molar-refractivity contribution is -0.138. The highest BCUT2D eigenvalue weighted by Gasteiger charge is 2.34. The van der Waals surface area contributed by atoms with E-state index in [1.165, 1.54) is 18.2 Å². The fraction of sp³-hybridized carbons (Fsp3) is 0.571. The second-order valence-electron chi connectivity index (χ2n) is 5.64. The Morgan fingerprint density at radius 3 is 2.32 bits per heavy atom. The second kappa shape index (κ2) is 6.55. The standard InChI is InChI=1S/C14H19F3N2O2S/c15-14(16,17)13-4-2-1-3-10(13)9-22(20,21)19-12-7-5-11(18)6-8-12/h1-4,11-12,19H,5-9,18H2. The molecule has 8 heteroatoms. The van der Waals surface area contributed by atoms with Gasteiger partial charge in [-0.2, -0.15) is 13.2 Å². The molecule has 22 heavy (non-hydrogen) atoms. The lowest BCUT2D eigenvalue weighted by Crippen LogP contribution is -2.41. The van der Waals surface area contributed by atoms with Crippen molar-refractivity contribution in [3.8, 4) is 0 Å². The van der Waals surface area contributed by atoms with Gasteiger partial charge in [-0.1, -0.05) is 18.2 Å². The minimum absolute atomic E-state index is 0.0757. The summed E-state index contributed by atoms with van der Waals surface area (Å²) in [6, 6.07) is 4.56. The summed E-state index contributed by atoms with van der Waals surface area (Å²) in [6.45, 7) is 0. The first kappa shape index (κ1) is 17.2. The quantitative estimate of drug-likeness (QED) is 0.887. The van der Waals surface area contributed by atoms with Crippen LogP contribution in [-0.4, -0.2) is 20.5 Å². The predicted molar refractivity (Wildman–Crippen MR) is 77.4 cm³/mol. The van der Waals surface area contributed by atoms with Crippen molar-refractivity contribution in [2.45, 2.75) is 49.7 Å². The van der Waals surface area contributed by atoms with Crippen molar-refractivity contribution >= 4 is 10.0 Å². The molecule has 2 rings (SSSR count). The summed E-state index contributed by atoms with van der Waals surface area (Å²) < 4.78 is 65.4. The molecule has 1 aromatic rings. The van der Waals surface area contributed by atoms with Crippen LogP contribution in [0.1, 0.15) is 36.8 Å². The van der Waals surface area contributed by atoms with Crippen molar-refractivity contribution in [3.63, 3.8) is 0 Å². The molecule has 0 radical (unpaired) electrons. The van der Waals surface area contributed by atoms with E-state index >= 15 is 0 Å². The van der Waals surface area contributed by atoms with Crippen molar-refractivity contribution in [1.82, 2.24) is 4.72 Å². The van der Waals surface area contributed by atoms with E-state index in [1.807, 2.05) is 0 Å². The van der Waals surface area contributed by atoms with Gasteiger partial charge in [0.15, 0.2) is 0 Å². The van der Waals surface area contributed by atoms with Crippen molar-refractivity contribution in [3.05, 3.63) is 35.4 Å². The average molecular weight is 336 g/mol. The molecule has 0 atom stereocenters. The zero-order valence-electron chi connectivity index (χ0n) is 11.9. The molecule has 1 fully saturated rings. The number of nitrogens with one attached hydrogen (secondary N) is 1. The maximum Gasteiger partial charge on any atom is 0.416 e. The molecule has 0 aliphatic heterocycles. The van der Waals surface area contributed by atoms with E-state index in [1.54, 1.807) is 0 Å². The summed E-state index contributed by atoms with van der Waals surface area (Å²) in [7, 11) is -3.83. The minimum Gasteiger partial charge on any atom is -0.328 e. The first-order chi connectivity index (χ1) is 10.2. The van der Waals surface area contributed by atoms with E-state index in [2.05, 4.69) is 4.72 Å². The Bertz CT molecular complexity index is 609. The van der Waals surface area contributed by atoms with Gasteiger partial charge in [0.1, 0.15) is 0 Å². The Balaban J connectivity index is 2.09. The molecule has 0 bridgehead atoms. The van der Waals surface area contributed by atoms with Gasteiger partial charge in [-0.05, 0) is 37.3 Å². The molecule has 1 aliphatic carbocycles. The molecule has 1 saturated carbocycles. The molecule has 0 amide bonds. The first-order valence-corrected chi connectivity index (χ1v) is 8.73. The molecule has 3 N–H and O–H groups in total. The molecule has 1 aliphatic rings. The third-order valence-electron chi connectivity index (χ3n) is 3.79. The highest BCUT2D eigenvalue weighted by Crippen LogP contribution is 2.32. The van der Waals surface area contributed by atoms with Gasteiger partial charge in [0.05, 0.1) is 11.3 Å². The van der Waals surface area contributed by atoms with Crippen LogP contribution in [0, 0.1) is 0 Å². The summed E-state index contributed by atoms with van der Waals surface area (Å²) >= 11 is 0. The van der Waals surface area contributed by atoms with Crippen LogP contribution in [0.3, 0.4) is 0 Å². The number of hydrogen-bond donors (Lipinski definition) is 2. The molecule has 124 valence electrons. The first-order valence-electron chi connectivity index (χ1n) is 7.08. The van der Waals surface area contributed by atoms with Crippen LogP contribution in [0.5, 0.6) is 0 Å². The van der Waals surface area contributed by atoms with Gasteiger partial charge in [0.2, 0.25) is 10.0 Å². The minimum atomic E-state index is -4.57. The summed E-state index contributed by atoms with van der Waals surface area (Å²) in [5.74, 6) is -0.675. The van der Waals surface area contributed by atoms with Gasteiger partial charge in [-0.3, -0.25) is 0 Å². The van der Waals surface area contributed by atoms with Crippen molar-refractivity contribution < 1.29 is 21.6 Å². The van der Waals surface area contributed by atoms with Gasteiger partial charge in [0.25, 0.3) is 0 Å². The molecule has 0 aromatic heterocycles. The third kappa shape index (κ3) is 4.69. The van der Waals surface area contributed by atoms with E-state index in [4.69, 9.17) is 5.73 Å².